The number of aromatic hydroxyl groups is 2. The minimum Gasteiger partial charge on any atom is -0.504 e. The van der Waals surface area contributed by atoms with Gasteiger partial charge in [0.15, 0.2) is 11.5 Å². The molecule has 0 amide bonds. The van der Waals surface area contributed by atoms with Crippen LogP contribution in [0.5, 0.6) is 11.5 Å². The summed E-state index contributed by atoms with van der Waals surface area (Å²) in [5.41, 5.74) is 4.33. The fourth-order valence-corrected chi connectivity index (χ4v) is 2.75. The molecule has 0 heterocycles. The van der Waals surface area contributed by atoms with Crippen molar-refractivity contribution >= 4 is 21.6 Å². The first kappa shape index (κ1) is 13.7. The lowest BCUT2D eigenvalue weighted by Gasteiger charge is -2.13. The third-order valence-electron chi connectivity index (χ3n) is 3.01. The van der Waals surface area contributed by atoms with Crippen molar-refractivity contribution in [2.24, 2.45) is 0 Å². The Morgan fingerprint density at radius 3 is 2.21 bits per heavy atom. The van der Waals surface area contributed by atoms with E-state index in [4.69, 9.17) is 0 Å². The first-order valence-corrected chi connectivity index (χ1v) is 6.78. The highest BCUT2D eigenvalue weighted by molar-refractivity contribution is 9.10. The number of phenolic OH excluding ortho intramolecular Hbond substituents is 2. The minimum absolute atomic E-state index is 0.0939. The van der Waals surface area contributed by atoms with Crippen molar-refractivity contribution in [3.8, 4) is 11.5 Å². The molecule has 0 fully saturated rings. The number of aryl methyl sites for hydroxylation is 2. The van der Waals surface area contributed by atoms with Gasteiger partial charge in [0.1, 0.15) is 0 Å². The number of hydrogen-bond donors (Lipinski definition) is 3. The lowest BCUT2D eigenvalue weighted by Crippen LogP contribution is -2.03. The Hall–Kier alpha value is -1.68. The number of rotatable bonds is 3. The predicted octanol–water partition coefficient (Wildman–Crippen LogP) is 4.09. The van der Waals surface area contributed by atoms with Crippen LogP contribution in [0.3, 0.4) is 0 Å². The molecule has 0 radical (unpaired) electrons. The monoisotopic (exact) mass is 321 g/mol. The molecule has 0 spiro atoms. The van der Waals surface area contributed by atoms with Crippen LogP contribution in [-0.2, 0) is 6.54 Å². The van der Waals surface area contributed by atoms with E-state index in [9.17, 15) is 10.2 Å². The highest BCUT2D eigenvalue weighted by atomic mass is 79.9. The van der Waals surface area contributed by atoms with Gasteiger partial charge in [-0.2, -0.15) is 0 Å². The van der Waals surface area contributed by atoms with E-state index in [0.29, 0.717) is 6.54 Å². The van der Waals surface area contributed by atoms with E-state index in [1.54, 1.807) is 12.1 Å². The van der Waals surface area contributed by atoms with Crippen LogP contribution in [0.15, 0.2) is 34.8 Å². The van der Waals surface area contributed by atoms with Gasteiger partial charge in [0.05, 0.1) is 0 Å². The number of hydrogen-bond acceptors (Lipinski definition) is 3. The normalized spacial score (nSPS) is 10.5. The minimum atomic E-state index is -0.0975. The van der Waals surface area contributed by atoms with Crippen LogP contribution in [-0.4, -0.2) is 10.2 Å². The van der Waals surface area contributed by atoms with Gasteiger partial charge in [0.2, 0.25) is 0 Å². The third kappa shape index (κ3) is 3.20. The molecule has 4 heteroatoms. The van der Waals surface area contributed by atoms with E-state index in [2.05, 4.69) is 33.4 Å². The Bertz CT molecular complexity index is 588. The average Bonchev–Trinajstić information content (AvgIpc) is 2.32. The lowest BCUT2D eigenvalue weighted by atomic mass is 10.1. The van der Waals surface area contributed by atoms with Crippen LogP contribution in [0.4, 0.5) is 5.69 Å². The quantitative estimate of drug-likeness (QED) is 0.746. The van der Waals surface area contributed by atoms with Crippen molar-refractivity contribution in [2.45, 2.75) is 20.4 Å². The van der Waals surface area contributed by atoms with E-state index in [1.807, 2.05) is 13.8 Å². The zero-order chi connectivity index (χ0) is 14.0. The molecule has 2 aromatic carbocycles. The molecule has 3 N–H and O–H groups in total. The van der Waals surface area contributed by atoms with Gasteiger partial charge in [-0.25, -0.2) is 0 Å². The molecule has 0 bridgehead atoms. The largest absolute Gasteiger partial charge is 0.504 e. The zero-order valence-electron chi connectivity index (χ0n) is 10.9. The van der Waals surface area contributed by atoms with Crippen molar-refractivity contribution in [2.75, 3.05) is 5.32 Å². The fraction of sp³-hybridized carbons (Fsp3) is 0.200. The van der Waals surface area contributed by atoms with Crippen LogP contribution < -0.4 is 5.32 Å². The van der Waals surface area contributed by atoms with Crippen molar-refractivity contribution in [1.82, 2.24) is 0 Å². The topological polar surface area (TPSA) is 52.5 Å². The summed E-state index contributed by atoms with van der Waals surface area (Å²) in [4.78, 5) is 0. The molecule has 0 unspecified atom stereocenters. The number of anilines is 1. The summed E-state index contributed by atoms with van der Waals surface area (Å²) in [7, 11) is 0. The molecule has 0 atom stereocenters. The summed E-state index contributed by atoms with van der Waals surface area (Å²) in [6, 6.07) is 8.96. The predicted molar refractivity (Wildman–Crippen MR) is 80.7 cm³/mol. The van der Waals surface area contributed by atoms with E-state index < -0.39 is 0 Å². The van der Waals surface area contributed by atoms with Crippen LogP contribution in [0, 0.1) is 13.8 Å². The molecule has 2 aromatic rings. The van der Waals surface area contributed by atoms with Crippen molar-refractivity contribution in [1.29, 1.82) is 0 Å². The van der Waals surface area contributed by atoms with Gasteiger partial charge in [-0.15, -0.1) is 0 Å². The molecule has 0 saturated carbocycles. The highest BCUT2D eigenvalue weighted by Gasteiger charge is 2.05. The lowest BCUT2D eigenvalue weighted by molar-refractivity contribution is 0.403. The third-order valence-corrected chi connectivity index (χ3v) is 3.46. The maximum Gasteiger partial charge on any atom is 0.157 e. The number of phenols is 2. The molecular formula is C15H16BrNO2. The number of benzene rings is 2. The fourth-order valence-electron chi connectivity index (χ4n) is 2.06. The average molecular weight is 322 g/mol. The van der Waals surface area contributed by atoms with Crippen LogP contribution in [0.2, 0.25) is 0 Å². The van der Waals surface area contributed by atoms with Gasteiger partial charge in [-0.1, -0.05) is 22.0 Å². The van der Waals surface area contributed by atoms with Crippen LogP contribution in [0.1, 0.15) is 16.7 Å². The zero-order valence-corrected chi connectivity index (χ0v) is 12.5. The highest BCUT2D eigenvalue weighted by Crippen LogP contribution is 2.27. The second kappa shape index (κ2) is 5.53. The van der Waals surface area contributed by atoms with E-state index in [1.165, 1.54) is 6.07 Å². The van der Waals surface area contributed by atoms with Gasteiger partial charge in [-0.05, 0) is 54.8 Å². The summed E-state index contributed by atoms with van der Waals surface area (Å²) in [5.74, 6) is -0.191. The van der Waals surface area contributed by atoms with Crippen LogP contribution >= 0.6 is 15.9 Å². The summed E-state index contributed by atoms with van der Waals surface area (Å²) in [6.45, 7) is 4.69. The van der Waals surface area contributed by atoms with Gasteiger partial charge in [0, 0.05) is 16.7 Å². The van der Waals surface area contributed by atoms with E-state index in [0.717, 1.165) is 26.9 Å². The first-order valence-electron chi connectivity index (χ1n) is 5.99. The molecule has 0 aliphatic heterocycles. The molecule has 3 nitrogen and oxygen atoms in total. The summed E-state index contributed by atoms with van der Waals surface area (Å²) >= 11 is 3.47. The second-order valence-electron chi connectivity index (χ2n) is 4.59. The van der Waals surface area contributed by atoms with Crippen molar-refractivity contribution in [3.05, 3.63) is 51.5 Å². The molecular weight excluding hydrogens is 306 g/mol. The van der Waals surface area contributed by atoms with Gasteiger partial charge in [-0.3, -0.25) is 0 Å². The molecule has 0 aromatic heterocycles. The van der Waals surface area contributed by atoms with E-state index >= 15 is 0 Å². The number of nitrogens with one attached hydrogen (secondary N) is 1. The summed E-state index contributed by atoms with van der Waals surface area (Å²) in [5, 5.41) is 22.1. The Morgan fingerprint density at radius 2 is 1.63 bits per heavy atom. The molecule has 0 saturated heterocycles. The van der Waals surface area contributed by atoms with Crippen molar-refractivity contribution in [3.63, 3.8) is 0 Å². The first-order chi connectivity index (χ1) is 8.97. The number of halogens is 1. The standard InChI is InChI=1S/C15H16BrNO2/c1-9-5-12(16)6-10(2)15(9)17-8-11-3-4-13(18)14(19)7-11/h3-7,17-19H,8H2,1-2H3. The maximum absolute atomic E-state index is 9.46. The summed E-state index contributed by atoms with van der Waals surface area (Å²) < 4.78 is 1.07. The Morgan fingerprint density at radius 1 is 1.00 bits per heavy atom. The SMILES string of the molecule is Cc1cc(Br)cc(C)c1NCc1ccc(O)c(O)c1. The Kier molecular flexibility index (Phi) is 4.00. The summed E-state index contributed by atoms with van der Waals surface area (Å²) in [6.07, 6.45) is 0. The second-order valence-corrected chi connectivity index (χ2v) is 5.51. The molecule has 19 heavy (non-hydrogen) atoms. The van der Waals surface area contributed by atoms with Crippen molar-refractivity contribution < 1.29 is 10.2 Å². The molecule has 0 aliphatic rings. The van der Waals surface area contributed by atoms with E-state index in [-0.39, 0.29) is 11.5 Å². The van der Waals surface area contributed by atoms with Gasteiger partial charge in [0.25, 0.3) is 0 Å². The Balaban J connectivity index is 2.16. The van der Waals surface area contributed by atoms with Gasteiger partial charge < -0.3 is 15.5 Å². The molecule has 0 aliphatic carbocycles. The Labute approximate surface area is 121 Å². The van der Waals surface area contributed by atoms with Gasteiger partial charge >= 0.3 is 0 Å². The molecule has 2 rings (SSSR count). The maximum atomic E-state index is 9.46. The van der Waals surface area contributed by atoms with Crippen LogP contribution in [0.25, 0.3) is 0 Å². The smallest absolute Gasteiger partial charge is 0.157 e. The molecule has 100 valence electrons.